The van der Waals surface area contributed by atoms with Gasteiger partial charge in [0.1, 0.15) is 4.90 Å². The molecule has 0 aliphatic rings. The fraction of sp³-hybridized carbons (Fsp3) is 0.417. The molecule has 0 aliphatic heterocycles. The molecule has 1 aromatic carbocycles. The molecular formula is C12H20N4O3S. The van der Waals surface area contributed by atoms with Gasteiger partial charge in [0.05, 0.1) is 12.2 Å². The predicted octanol–water partition coefficient (Wildman–Crippen LogP) is -0.121. The number of likely N-dealkylation sites (N-methyl/N-ethyl adjacent to an activating group) is 1. The van der Waals surface area contributed by atoms with Crippen LogP contribution in [0.5, 0.6) is 0 Å². The van der Waals surface area contributed by atoms with E-state index in [1.54, 1.807) is 18.0 Å². The molecule has 7 nitrogen and oxygen atoms in total. The predicted molar refractivity (Wildman–Crippen MR) is 78.8 cm³/mol. The zero-order valence-electron chi connectivity index (χ0n) is 11.6. The van der Waals surface area contributed by atoms with E-state index in [0.717, 1.165) is 6.42 Å². The van der Waals surface area contributed by atoms with Crippen molar-refractivity contribution in [3.63, 3.8) is 0 Å². The van der Waals surface area contributed by atoms with Gasteiger partial charge < -0.3 is 16.0 Å². The van der Waals surface area contributed by atoms with Gasteiger partial charge in [-0.05, 0) is 24.6 Å². The van der Waals surface area contributed by atoms with Crippen molar-refractivity contribution in [1.29, 1.82) is 0 Å². The molecule has 112 valence electrons. The molecular weight excluding hydrogens is 280 g/mol. The third-order valence-electron chi connectivity index (χ3n) is 2.69. The molecule has 1 aromatic rings. The summed E-state index contributed by atoms with van der Waals surface area (Å²) in [7, 11) is -2.11. The van der Waals surface area contributed by atoms with Gasteiger partial charge in [0.2, 0.25) is 15.9 Å². The van der Waals surface area contributed by atoms with Crippen molar-refractivity contribution in [2.45, 2.75) is 18.2 Å². The van der Waals surface area contributed by atoms with E-state index in [2.05, 4.69) is 5.32 Å². The number of anilines is 2. The molecule has 5 N–H and O–H groups in total. The van der Waals surface area contributed by atoms with Gasteiger partial charge in [-0.15, -0.1) is 0 Å². The summed E-state index contributed by atoms with van der Waals surface area (Å²) in [6.45, 7) is 2.75. The van der Waals surface area contributed by atoms with Crippen LogP contribution in [0.3, 0.4) is 0 Å². The number of amides is 1. The number of benzene rings is 1. The normalized spacial score (nSPS) is 11.2. The summed E-state index contributed by atoms with van der Waals surface area (Å²) in [4.78, 5) is 13.2. The van der Waals surface area contributed by atoms with E-state index < -0.39 is 10.0 Å². The summed E-state index contributed by atoms with van der Waals surface area (Å²) >= 11 is 0. The second-order valence-electron chi connectivity index (χ2n) is 4.47. The minimum atomic E-state index is -3.83. The van der Waals surface area contributed by atoms with Crippen LogP contribution in [0, 0.1) is 0 Å². The summed E-state index contributed by atoms with van der Waals surface area (Å²) in [5, 5.41) is 7.79. The number of nitrogen functional groups attached to an aromatic ring is 1. The zero-order chi connectivity index (χ0) is 15.3. The largest absolute Gasteiger partial charge is 0.398 e. The second-order valence-corrected chi connectivity index (χ2v) is 6.00. The molecule has 1 amide bonds. The Morgan fingerprint density at radius 1 is 1.40 bits per heavy atom. The number of carbonyl (C=O) groups excluding carboxylic acids is 1. The van der Waals surface area contributed by atoms with Crippen molar-refractivity contribution in [1.82, 2.24) is 5.32 Å². The maximum absolute atomic E-state index is 11.6. The topological polar surface area (TPSA) is 119 Å². The lowest BCUT2D eigenvalue weighted by Crippen LogP contribution is -2.35. The lowest BCUT2D eigenvalue weighted by molar-refractivity contribution is -0.119. The van der Waals surface area contributed by atoms with Crippen LogP contribution in [-0.4, -0.2) is 34.5 Å². The molecule has 0 aromatic heterocycles. The fourth-order valence-electron chi connectivity index (χ4n) is 1.66. The lowest BCUT2D eigenvalue weighted by atomic mass is 10.2. The molecule has 0 bridgehead atoms. The summed E-state index contributed by atoms with van der Waals surface area (Å²) in [5.74, 6) is -0.108. The van der Waals surface area contributed by atoms with Crippen molar-refractivity contribution >= 4 is 27.3 Å². The van der Waals surface area contributed by atoms with Gasteiger partial charge in [-0.1, -0.05) is 6.92 Å². The van der Waals surface area contributed by atoms with Crippen LogP contribution in [0.2, 0.25) is 0 Å². The maximum atomic E-state index is 11.6. The quantitative estimate of drug-likeness (QED) is 0.633. The maximum Gasteiger partial charge on any atom is 0.240 e. The smallest absolute Gasteiger partial charge is 0.240 e. The number of sulfonamides is 1. The first-order valence-corrected chi connectivity index (χ1v) is 7.70. The van der Waals surface area contributed by atoms with Crippen LogP contribution in [-0.2, 0) is 14.8 Å². The average molecular weight is 300 g/mol. The molecule has 0 spiro atoms. The Kier molecular flexibility index (Phi) is 5.34. The van der Waals surface area contributed by atoms with E-state index in [4.69, 9.17) is 10.9 Å². The highest BCUT2D eigenvalue weighted by Crippen LogP contribution is 2.23. The molecule has 0 heterocycles. The van der Waals surface area contributed by atoms with Gasteiger partial charge in [0.15, 0.2) is 0 Å². The van der Waals surface area contributed by atoms with Gasteiger partial charge >= 0.3 is 0 Å². The van der Waals surface area contributed by atoms with Gasteiger partial charge in [-0.3, -0.25) is 4.79 Å². The Hall–Kier alpha value is -1.80. The van der Waals surface area contributed by atoms with Crippen LogP contribution >= 0.6 is 0 Å². The average Bonchev–Trinajstić information content (AvgIpc) is 2.34. The van der Waals surface area contributed by atoms with E-state index in [-0.39, 0.29) is 23.0 Å². The molecule has 0 atom stereocenters. The summed E-state index contributed by atoms with van der Waals surface area (Å²) < 4.78 is 22.5. The first-order valence-electron chi connectivity index (χ1n) is 6.16. The van der Waals surface area contributed by atoms with Crippen LogP contribution in [0.4, 0.5) is 11.4 Å². The molecule has 20 heavy (non-hydrogen) atoms. The van der Waals surface area contributed by atoms with Crippen LogP contribution in [0.15, 0.2) is 23.1 Å². The van der Waals surface area contributed by atoms with Crippen LogP contribution in [0.1, 0.15) is 13.3 Å². The second kappa shape index (κ2) is 6.58. The first-order chi connectivity index (χ1) is 9.25. The minimum Gasteiger partial charge on any atom is -0.398 e. The van der Waals surface area contributed by atoms with Crippen molar-refractivity contribution in [3.05, 3.63) is 18.2 Å². The molecule has 1 rings (SSSR count). The van der Waals surface area contributed by atoms with Crippen LogP contribution in [0.25, 0.3) is 0 Å². The number of primary sulfonamides is 1. The molecule has 0 unspecified atom stereocenters. The van der Waals surface area contributed by atoms with Crippen molar-refractivity contribution < 1.29 is 13.2 Å². The van der Waals surface area contributed by atoms with Crippen molar-refractivity contribution in [3.8, 4) is 0 Å². The zero-order valence-corrected chi connectivity index (χ0v) is 12.4. The summed E-state index contributed by atoms with van der Waals surface area (Å²) in [5.41, 5.74) is 6.37. The van der Waals surface area contributed by atoms with E-state index in [1.807, 2.05) is 6.92 Å². The highest BCUT2D eigenvalue weighted by molar-refractivity contribution is 7.89. The Morgan fingerprint density at radius 3 is 2.55 bits per heavy atom. The van der Waals surface area contributed by atoms with Gasteiger partial charge in [-0.2, -0.15) is 0 Å². The number of nitrogens with one attached hydrogen (secondary N) is 1. The third-order valence-corrected chi connectivity index (χ3v) is 3.68. The monoisotopic (exact) mass is 300 g/mol. The third kappa shape index (κ3) is 4.39. The fourth-order valence-corrected chi connectivity index (χ4v) is 2.30. The Morgan fingerprint density at radius 2 is 2.05 bits per heavy atom. The van der Waals surface area contributed by atoms with Gasteiger partial charge in [-0.25, -0.2) is 13.6 Å². The van der Waals surface area contributed by atoms with Crippen molar-refractivity contribution in [2.24, 2.45) is 5.14 Å². The lowest BCUT2D eigenvalue weighted by Gasteiger charge is -2.19. The standard InChI is InChI=1S/C12H20N4O3S/c1-3-6-15-12(17)8-16(2)9-4-5-11(10(13)7-9)20(14,18)19/h4-5,7H,3,6,8,13H2,1-2H3,(H,15,17)(H2,14,18,19). The summed E-state index contributed by atoms with van der Waals surface area (Å²) in [6, 6.07) is 4.37. The SMILES string of the molecule is CCCNC(=O)CN(C)c1ccc(S(N)(=O)=O)c(N)c1. The highest BCUT2D eigenvalue weighted by Gasteiger charge is 2.14. The van der Waals surface area contributed by atoms with Crippen LogP contribution < -0.4 is 21.1 Å². The number of hydrogen-bond acceptors (Lipinski definition) is 5. The molecule has 0 fully saturated rings. The number of rotatable bonds is 6. The van der Waals surface area contributed by atoms with E-state index in [1.165, 1.54) is 12.1 Å². The number of nitrogens with zero attached hydrogens (tertiary/aromatic N) is 1. The molecule has 0 saturated carbocycles. The molecule has 8 heteroatoms. The first kappa shape index (κ1) is 16.3. The summed E-state index contributed by atoms with van der Waals surface area (Å²) in [6.07, 6.45) is 0.867. The molecule has 0 aliphatic carbocycles. The van der Waals surface area contributed by atoms with Crippen molar-refractivity contribution in [2.75, 3.05) is 30.8 Å². The number of carbonyl (C=O) groups is 1. The molecule has 0 radical (unpaired) electrons. The van der Waals surface area contributed by atoms with Gasteiger partial charge in [0, 0.05) is 19.3 Å². The molecule has 0 saturated heterocycles. The minimum absolute atomic E-state index is 0.0609. The highest BCUT2D eigenvalue weighted by atomic mass is 32.2. The number of hydrogen-bond donors (Lipinski definition) is 3. The van der Waals surface area contributed by atoms with Gasteiger partial charge in [0.25, 0.3) is 0 Å². The number of nitrogens with two attached hydrogens (primary N) is 2. The van der Waals surface area contributed by atoms with E-state index in [0.29, 0.717) is 12.2 Å². The Bertz CT molecular complexity index is 586. The van der Waals surface area contributed by atoms with E-state index in [9.17, 15) is 13.2 Å². The van der Waals surface area contributed by atoms with E-state index >= 15 is 0 Å². The Labute approximate surface area is 119 Å². The Balaban J connectivity index is 2.83.